The van der Waals surface area contributed by atoms with Gasteiger partial charge in [0.05, 0.1) is 15.9 Å². The number of hydrogen-bond acceptors (Lipinski definition) is 2. The molecule has 4 aromatic carbocycles. The van der Waals surface area contributed by atoms with Crippen molar-refractivity contribution < 1.29 is 30.5 Å². The van der Waals surface area contributed by atoms with E-state index in [4.69, 9.17) is 11.6 Å². The molecule has 0 saturated carbocycles. The number of halogens is 9. The first-order valence-electron chi connectivity index (χ1n) is 10.8. The second kappa shape index (κ2) is 11.4. The Balaban J connectivity index is 0.000000532. The predicted molar refractivity (Wildman–Crippen MR) is 139 cm³/mol. The Morgan fingerprint density at radius 3 is 1.44 bits per heavy atom. The second-order valence-corrected chi connectivity index (χ2v) is 17.0. The van der Waals surface area contributed by atoms with Gasteiger partial charge in [-0.3, -0.25) is 4.79 Å². The van der Waals surface area contributed by atoms with E-state index in [0.717, 1.165) is 24.5 Å². The zero-order valence-electron chi connectivity index (χ0n) is 19.7. The van der Waals surface area contributed by atoms with E-state index < -0.39 is 30.4 Å². The molecule has 0 heterocycles. The molecule has 0 aliphatic carbocycles. The van der Waals surface area contributed by atoms with E-state index in [1.807, 2.05) is 30.3 Å². The summed E-state index contributed by atoms with van der Waals surface area (Å²) in [5.74, 6) is -0.618. The minimum atomic E-state index is -11.2. The number of ketones is 1. The molecule has 0 amide bonds. The molecule has 4 aromatic rings. The molecule has 0 aliphatic heterocycles. The fourth-order valence-corrected chi connectivity index (χ4v) is 6.28. The van der Waals surface area contributed by atoms with Crippen molar-refractivity contribution in [1.29, 1.82) is 0 Å². The van der Waals surface area contributed by atoms with Gasteiger partial charge in [0.2, 0.25) is 0 Å². The standard InChI is InChI=1S/C26H18ClF2OS2.6FH.Sb/c1-17(30)18-2-15-26(25(27)16-18)31-21-7-13-24(14-8-21)32(22-9-3-19(28)4-10-22)23-11-5-20(29)6-12-23;;;;;;;/h2-16H,1H3;6*1H;/q+1;;;;;;;+5/p-6. The average molecular weight is 720 g/mol. The Kier molecular flexibility index (Phi) is 9.12. The van der Waals surface area contributed by atoms with E-state index in [-0.39, 0.29) is 17.4 Å². The first kappa shape index (κ1) is 31.3. The second-order valence-electron chi connectivity index (χ2n) is 7.95. The molecule has 1 nitrogen and oxygen atoms in total. The van der Waals surface area contributed by atoms with Crippen LogP contribution in [-0.2, 0) is 10.9 Å². The van der Waals surface area contributed by atoms with E-state index in [1.54, 1.807) is 36.4 Å². The zero-order valence-corrected chi connectivity index (χ0v) is 24.7. The van der Waals surface area contributed by atoms with Crippen LogP contribution in [0.2, 0.25) is 5.02 Å². The normalized spacial score (nSPS) is 13.2. The van der Waals surface area contributed by atoms with Gasteiger partial charge in [-0.2, -0.15) is 0 Å². The SMILES string of the molecule is CC(=O)c1ccc(Sc2ccc([S+](c3ccc(F)cc3)c3ccc(F)cc3)cc2)c(Cl)c1.[F][Sb-]([F])([F])([F])([F])[F]. The van der Waals surface area contributed by atoms with Crippen molar-refractivity contribution in [2.45, 2.75) is 31.4 Å². The van der Waals surface area contributed by atoms with Gasteiger partial charge < -0.3 is 0 Å². The minimum absolute atomic E-state index is 0.0265. The topological polar surface area (TPSA) is 17.1 Å². The summed E-state index contributed by atoms with van der Waals surface area (Å²) in [6, 6.07) is 26.2. The third-order valence-corrected chi connectivity index (χ3v) is 8.46. The number of rotatable bonds is 6. The van der Waals surface area contributed by atoms with E-state index in [9.17, 15) is 30.5 Å². The van der Waals surface area contributed by atoms with Gasteiger partial charge in [0.15, 0.2) is 20.5 Å². The van der Waals surface area contributed by atoms with Crippen molar-refractivity contribution in [1.82, 2.24) is 0 Å². The molecule has 0 fully saturated rings. The monoisotopic (exact) mass is 718 g/mol. The number of carbonyl (C=O) groups is 1. The van der Waals surface area contributed by atoms with Crippen LogP contribution in [0.3, 0.4) is 0 Å². The number of Topliss-reactive ketones (excluding diaryl/α,β-unsaturated/α-hetero) is 1. The van der Waals surface area contributed by atoms with Crippen LogP contribution in [0.4, 0.5) is 25.7 Å². The molecular formula is C26H18ClF8OS2Sb. The van der Waals surface area contributed by atoms with Gasteiger partial charge in [0.25, 0.3) is 0 Å². The van der Waals surface area contributed by atoms with E-state index in [2.05, 4.69) is 0 Å². The van der Waals surface area contributed by atoms with Crippen LogP contribution in [0, 0.1) is 11.6 Å². The van der Waals surface area contributed by atoms with Gasteiger partial charge in [-0.1, -0.05) is 29.4 Å². The van der Waals surface area contributed by atoms with Crippen molar-refractivity contribution in [2.75, 3.05) is 0 Å². The summed E-state index contributed by atoms with van der Waals surface area (Å²) in [6.07, 6.45) is 0. The summed E-state index contributed by atoms with van der Waals surface area (Å²) in [7, 11) is -0.505. The Bertz CT molecular complexity index is 1410. The third kappa shape index (κ3) is 11.1. The summed E-state index contributed by atoms with van der Waals surface area (Å²) in [5, 5.41) is 0.532. The molecule has 0 atom stereocenters. The number of hydrogen-bond donors (Lipinski definition) is 0. The summed E-state index contributed by atoms with van der Waals surface area (Å²) in [6.45, 7) is 1.51. The molecule has 0 unspecified atom stereocenters. The molecule has 39 heavy (non-hydrogen) atoms. The van der Waals surface area contributed by atoms with Crippen LogP contribution in [0.15, 0.2) is 115 Å². The van der Waals surface area contributed by atoms with Crippen LogP contribution in [0.1, 0.15) is 17.3 Å². The molecule has 0 aromatic heterocycles. The Morgan fingerprint density at radius 1 is 0.692 bits per heavy atom. The molecule has 208 valence electrons. The van der Waals surface area contributed by atoms with Crippen molar-refractivity contribution in [3.63, 3.8) is 0 Å². The predicted octanol–water partition coefficient (Wildman–Crippen LogP) is 10.2. The quantitative estimate of drug-likeness (QED) is 0.0855. The first-order chi connectivity index (χ1) is 17.9. The Morgan fingerprint density at radius 2 is 1.08 bits per heavy atom. The Labute approximate surface area is 233 Å². The van der Waals surface area contributed by atoms with Crippen molar-refractivity contribution >= 4 is 59.5 Å². The third-order valence-electron chi connectivity index (χ3n) is 4.72. The molecule has 0 radical (unpaired) electrons. The Hall–Kier alpha value is -2.20. The first-order valence-corrected chi connectivity index (χ1v) is 19.0. The van der Waals surface area contributed by atoms with Gasteiger partial charge in [-0.25, -0.2) is 8.78 Å². The molecular weight excluding hydrogens is 702 g/mol. The van der Waals surface area contributed by atoms with E-state index in [0.29, 0.717) is 10.6 Å². The molecule has 0 N–H and O–H groups in total. The number of benzene rings is 4. The van der Waals surface area contributed by atoms with Gasteiger partial charge in [0, 0.05) is 15.4 Å². The zero-order chi connectivity index (χ0) is 29.1. The van der Waals surface area contributed by atoms with E-state index >= 15 is 0 Å². The molecule has 0 spiro atoms. The van der Waals surface area contributed by atoms with Crippen LogP contribution < -0.4 is 0 Å². The van der Waals surface area contributed by atoms with Crippen molar-refractivity contribution in [2.24, 2.45) is 0 Å². The van der Waals surface area contributed by atoms with Crippen molar-refractivity contribution in [3.8, 4) is 0 Å². The maximum absolute atomic E-state index is 13.5. The summed E-state index contributed by atoms with van der Waals surface area (Å²) < 4.78 is 86.5. The fraction of sp³-hybridized carbons (Fsp3) is 0.0385. The van der Waals surface area contributed by atoms with Gasteiger partial charge in [-0.05, 0) is 91.9 Å². The van der Waals surface area contributed by atoms with Crippen LogP contribution in [0.25, 0.3) is 0 Å². The molecule has 0 bridgehead atoms. The number of carbonyl (C=O) groups excluding carboxylic acids is 1. The molecule has 0 saturated heterocycles. The van der Waals surface area contributed by atoms with Crippen LogP contribution >= 0.6 is 23.4 Å². The maximum atomic E-state index is 13.5. The fourth-order valence-electron chi connectivity index (χ4n) is 3.12. The van der Waals surface area contributed by atoms with Crippen LogP contribution in [-0.4, -0.2) is 25.3 Å². The van der Waals surface area contributed by atoms with Gasteiger partial charge in [-0.15, -0.1) is 0 Å². The van der Waals surface area contributed by atoms with Crippen molar-refractivity contribution in [3.05, 3.63) is 113 Å². The van der Waals surface area contributed by atoms with Crippen LogP contribution in [0.5, 0.6) is 0 Å². The molecule has 13 heteroatoms. The molecule has 4 rings (SSSR count). The summed E-state index contributed by atoms with van der Waals surface area (Å²) >= 11 is -3.38. The molecule has 0 aliphatic rings. The summed E-state index contributed by atoms with van der Waals surface area (Å²) in [4.78, 5) is 16.3. The van der Waals surface area contributed by atoms with Gasteiger partial charge in [0.1, 0.15) is 11.6 Å². The average Bonchev–Trinajstić information content (AvgIpc) is 2.82. The summed E-state index contributed by atoms with van der Waals surface area (Å²) in [5.41, 5.74) is 0.581. The van der Waals surface area contributed by atoms with E-state index in [1.165, 1.54) is 43.0 Å². The van der Waals surface area contributed by atoms with Gasteiger partial charge >= 0.3 is 36.4 Å².